The van der Waals surface area contributed by atoms with E-state index >= 15 is 0 Å². The van der Waals surface area contributed by atoms with E-state index in [2.05, 4.69) is 10.2 Å². The van der Waals surface area contributed by atoms with E-state index in [4.69, 9.17) is 4.74 Å². The Kier molecular flexibility index (Phi) is 5.19. The molecule has 0 aromatic carbocycles. The first-order valence-electron chi connectivity index (χ1n) is 7.28. The zero-order valence-electron chi connectivity index (χ0n) is 11.7. The molecule has 1 atom stereocenters. The van der Waals surface area contributed by atoms with E-state index in [1.165, 1.54) is 20.0 Å². The standard InChI is InChI=1S/C14H24N2O3/c1-19-14(18)11-5-4-8-16(9-11)10-13(17)15-12-6-2-3-7-12/h11-12H,2-10H2,1H3,(H,15,17). The molecule has 108 valence electrons. The van der Waals surface area contributed by atoms with E-state index in [0.29, 0.717) is 19.1 Å². The van der Waals surface area contributed by atoms with Gasteiger partial charge in [-0.05, 0) is 32.2 Å². The molecule has 0 bridgehead atoms. The molecule has 19 heavy (non-hydrogen) atoms. The molecule has 1 aliphatic heterocycles. The topological polar surface area (TPSA) is 58.6 Å². The lowest BCUT2D eigenvalue weighted by Crippen LogP contribution is -2.46. The Labute approximate surface area is 114 Å². The van der Waals surface area contributed by atoms with Crippen LogP contribution < -0.4 is 5.32 Å². The number of esters is 1. The molecule has 1 unspecified atom stereocenters. The number of amides is 1. The fourth-order valence-electron chi connectivity index (χ4n) is 3.10. The molecular formula is C14H24N2O3. The second-order valence-electron chi connectivity index (χ2n) is 5.65. The smallest absolute Gasteiger partial charge is 0.309 e. The van der Waals surface area contributed by atoms with Crippen LogP contribution in [0.5, 0.6) is 0 Å². The first-order chi connectivity index (χ1) is 9.19. The number of piperidine rings is 1. The fourth-order valence-corrected chi connectivity index (χ4v) is 3.10. The number of nitrogens with one attached hydrogen (secondary N) is 1. The van der Waals surface area contributed by atoms with Crippen LogP contribution in [0.15, 0.2) is 0 Å². The predicted octanol–water partition coefficient (Wildman–Crippen LogP) is 0.930. The summed E-state index contributed by atoms with van der Waals surface area (Å²) in [4.78, 5) is 25.5. The first kappa shape index (κ1) is 14.3. The number of nitrogens with zero attached hydrogens (tertiary/aromatic N) is 1. The monoisotopic (exact) mass is 268 g/mol. The van der Waals surface area contributed by atoms with Crippen LogP contribution in [0.1, 0.15) is 38.5 Å². The maximum atomic E-state index is 11.9. The minimum atomic E-state index is -0.152. The molecule has 0 radical (unpaired) electrons. The maximum Gasteiger partial charge on any atom is 0.309 e. The second-order valence-corrected chi connectivity index (χ2v) is 5.65. The van der Waals surface area contributed by atoms with E-state index < -0.39 is 0 Å². The number of likely N-dealkylation sites (tertiary alicyclic amines) is 1. The third kappa shape index (κ3) is 4.20. The number of methoxy groups -OCH3 is 1. The third-order valence-corrected chi connectivity index (χ3v) is 4.13. The summed E-state index contributed by atoms with van der Waals surface area (Å²) in [5.74, 6) is -0.128. The van der Waals surface area contributed by atoms with Gasteiger partial charge in [0.05, 0.1) is 19.6 Å². The van der Waals surface area contributed by atoms with E-state index in [1.54, 1.807) is 0 Å². The number of carbonyl (C=O) groups excluding carboxylic acids is 2. The molecule has 2 fully saturated rings. The van der Waals surface area contributed by atoms with Gasteiger partial charge < -0.3 is 10.1 Å². The van der Waals surface area contributed by atoms with E-state index in [1.807, 2.05) is 0 Å². The van der Waals surface area contributed by atoms with Gasteiger partial charge >= 0.3 is 5.97 Å². The van der Waals surface area contributed by atoms with E-state index in [9.17, 15) is 9.59 Å². The SMILES string of the molecule is COC(=O)C1CCCN(CC(=O)NC2CCCC2)C1. The van der Waals surface area contributed by atoms with Crippen LogP contribution in [-0.4, -0.2) is 49.6 Å². The summed E-state index contributed by atoms with van der Waals surface area (Å²) >= 11 is 0. The molecule has 1 aliphatic carbocycles. The molecular weight excluding hydrogens is 244 g/mol. The number of hydrogen-bond donors (Lipinski definition) is 1. The van der Waals surface area contributed by atoms with Crippen LogP contribution >= 0.6 is 0 Å². The Hall–Kier alpha value is -1.10. The lowest BCUT2D eigenvalue weighted by Gasteiger charge is -2.30. The molecule has 1 amide bonds. The van der Waals surface area contributed by atoms with Gasteiger partial charge in [-0.25, -0.2) is 0 Å². The quantitative estimate of drug-likeness (QED) is 0.771. The van der Waals surface area contributed by atoms with Crippen molar-refractivity contribution in [2.75, 3.05) is 26.7 Å². The first-order valence-corrected chi connectivity index (χ1v) is 7.28. The molecule has 0 spiro atoms. The molecule has 5 nitrogen and oxygen atoms in total. The Morgan fingerprint density at radius 2 is 1.95 bits per heavy atom. The van der Waals surface area contributed by atoms with Crippen LogP contribution in [-0.2, 0) is 14.3 Å². The van der Waals surface area contributed by atoms with Gasteiger partial charge in [-0.3, -0.25) is 14.5 Å². The number of ether oxygens (including phenoxy) is 1. The molecule has 1 saturated heterocycles. The molecule has 2 rings (SSSR count). The van der Waals surface area contributed by atoms with Gasteiger partial charge in [0, 0.05) is 12.6 Å². The van der Waals surface area contributed by atoms with Crippen LogP contribution in [0.25, 0.3) is 0 Å². The highest BCUT2D eigenvalue weighted by molar-refractivity contribution is 5.78. The largest absolute Gasteiger partial charge is 0.469 e. The van der Waals surface area contributed by atoms with Crippen molar-refractivity contribution in [3.63, 3.8) is 0 Å². The second kappa shape index (κ2) is 6.89. The van der Waals surface area contributed by atoms with Gasteiger partial charge in [-0.2, -0.15) is 0 Å². The van der Waals surface area contributed by atoms with Crippen LogP contribution in [0.2, 0.25) is 0 Å². The molecule has 0 aromatic heterocycles. The van der Waals surface area contributed by atoms with Crippen LogP contribution in [0, 0.1) is 5.92 Å². The Bertz CT molecular complexity index is 327. The lowest BCUT2D eigenvalue weighted by molar-refractivity contribution is -0.147. The summed E-state index contributed by atoms with van der Waals surface area (Å²) < 4.78 is 4.78. The molecule has 1 N–H and O–H groups in total. The normalized spacial score (nSPS) is 25.2. The summed E-state index contributed by atoms with van der Waals surface area (Å²) in [5.41, 5.74) is 0. The van der Waals surface area contributed by atoms with Gasteiger partial charge in [0.15, 0.2) is 0 Å². The van der Waals surface area contributed by atoms with Crippen LogP contribution in [0.4, 0.5) is 0 Å². The van der Waals surface area contributed by atoms with E-state index in [0.717, 1.165) is 32.2 Å². The maximum absolute atomic E-state index is 11.9. The molecule has 1 saturated carbocycles. The minimum Gasteiger partial charge on any atom is -0.469 e. The van der Waals surface area contributed by atoms with Crippen molar-refractivity contribution in [3.8, 4) is 0 Å². The van der Waals surface area contributed by atoms with Crippen molar-refractivity contribution in [1.82, 2.24) is 10.2 Å². The summed E-state index contributed by atoms with van der Waals surface area (Å²) in [6.45, 7) is 1.94. The number of hydrogen-bond acceptors (Lipinski definition) is 4. The summed E-state index contributed by atoms with van der Waals surface area (Å²) in [6.07, 6.45) is 6.48. The number of rotatable bonds is 4. The Morgan fingerprint density at radius 1 is 1.21 bits per heavy atom. The third-order valence-electron chi connectivity index (χ3n) is 4.13. The zero-order chi connectivity index (χ0) is 13.7. The van der Waals surface area contributed by atoms with Crippen molar-refractivity contribution in [3.05, 3.63) is 0 Å². The summed E-state index contributed by atoms with van der Waals surface area (Å²) in [6, 6.07) is 0.369. The van der Waals surface area contributed by atoms with Crippen molar-refractivity contribution < 1.29 is 14.3 Å². The van der Waals surface area contributed by atoms with Gasteiger partial charge in [-0.1, -0.05) is 12.8 Å². The van der Waals surface area contributed by atoms with E-state index in [-0.39, 0.29) is 17.8 Å². The zero-order valence-corrected chi connectivity index (χ0v) is 11.7. The van der Waals surface area contributed by atoms with Gasteiger partial charge in [0.2, 0.25) is 5.91 Å². The van der Waals surface area contributed by atoms with Crippen molar-refractivity contribution in [1.29, 1.82) is 0 Å². The minimum absolute atomic E-state index is 0.0713. The Morgan fingerprint density at radius 3 is 2.63 bits per heavy atom. The molecule has 0 aromatic rings. The van der Waals surface area contributed by atoms with Gasteiger partial charge in [-0.15, -0.1) is 0 Å². The average Bonchev–Trinajstić information content (AvgIpc) is 2.90. The highest BCUT2D eigenvalue weighted by Crippen LogP contribution is 2.19. The highest BCUT2D eigenvalue weighted by atomic mass is 16.5. The molecule has 2 aliphatic rings. The van der Waals surface area contributed by atoms with Crippen molar-refractivity contribution >= 4 is 11.9 Å². The van der Waals surface area contributed by atoms with Crippen LogP contribution in [0.3, 0.4) is 0 Å². The fraction of sp³-hybridized carbons (Fsp3) is 0.857. The molecule has 1 heterocycles. The van der Waals surface area contributed by atoms with Crippen molar-refractivity contribution in [2.45, 2.75) is 44.6 Å². The highest BCUT2D eigenvalue weighted by Gasteiger charge is 2.27. The molecule has 5 heteroatoms. The Balaban J connectivity index is 1.74. The summed E-state index contributed by atoms with van der Waals surface area (Å²) in [7, 11) is 1.42. The van der Waals surface area contributed by atoms with Gasteiger partial charge in [0.25, 0.3) is 0 Å². The predicted molar refractivity (Wildman–Crippen MR) is 71.6 cm³/mol. The van der Waals surface area contributed by atoms with Crippen molar-refractivity contribution in [2.24, 2.45) is 5.92 Å². The summed E-state index contributed by atoms with van der Waals surface area (Å²) in [5, 5.41) is 3.09. The lowest BCUT2D eigenvalue weighted by atomic mass is 9.98. The number of carbonyl (C=O) groups is 2. The van der Waals surface area contributed by atoms with Gasteiger partial charge in [0.1, 0.15) is 0 Å². The average molecular weight is 268 g/mol.